The van der Waals surface area contributed by atoms with Crippen LogP contribution in [0.2, 0.25) is 0 Å². The third kappa shape index (κ3) is 5.14. The zero-order valence-corrected chi connectivity index (χ0v) is 16.3. The maximum Gasteiger partial charge on any atom is 0.253 e. The molecule has 0 saturated heterocycles. The molecule has 0 saturated carbocycles. The van der Waals surface area contributed by atoms with Crippen molar-refractivity contribution in [3.63, 3.8) is 0 Å². The molecule has 0 aliphatic carbocycles. The summed E-state index contributed by atoms with van der Waals surface area (Å²) in [6, 6.07) is 15.0. The van der Waals surface area contributed by atoms with Gasteiger partial charge in [0.05, 0.1) is 26.5 Å². The van der Waals surface area contributed by atoms with Gasteiger partial charge in [0, 0.05) is 19.4 Å². The van der Waals surface area contributed by atoms with Gasteiger partial charge in [-0.05, 0) is 30.2 Å². The monoisotopic (exact) mass is 381 g/mol. The number of rotatable bonds is 7. The molecule has 0 aliphatic heterocycles. The van der Waals surface area contributed by atoms with E-state index >= 15 is 0 Å². The number of aromatic nitrogens is 1. The minimum Gasteiger partial charge on any atom is -0.352 e. The minimum atomic E-state index is -0.175. The molecule has 0 aliphatic rings. The fourth-order valence-corrected chi connectivity index (χ4v) is 3.61. The molecule has 27 heavy (non-hydrogen) atoms. The highest BCUT2D eigenvalue weighted by Gasteiger charge is 2.14. The van der Waals surface area contributed by atoms with Crippen LogP contribution < -0.4 is 10.6 Å². The highest BCUT2D eigenvalue weighted by Crippen LogP contribution is 2.23. The molecule has 3 aromatic rings. The summed E-state index contributed by atoms with van der Waals surface area (Å²) >= 11 is 1.61. The standard InChI is InChI=1S/C21H23N3O2S/c1-14(2)13-22-21(26)15-7-3-4-8-16(15)23-19(25)11-12-20-24-17-9-5-6-10-18(17)27-20/h3-10,14H,11-13H2,1-2H3,(H,22,26)(H,23,25). The third-order valence-corrected chi connectivity index (χ3v) is 5.12. The highest BCUT2D eigenvalue weighted by atomic mass is 32.1. The van der Waals surface area contributed by atoms with E-state index in [0.29, 0.717) is 36.6 Å². The van der Waals surface area contributed by atoms with Crippen LogP contribution in [0.4, 0.5) is 5.69 Å². The molecule has 5 nitrogen and oxygen atoms in total. The van der Waals surface area contributed by atoms with Crippen LogP contribution >= 0.6 is 11.3 Å². The third-order valence-electron chi connectivity index (χ3n) is 4.02. The number of carbonyl (C=O) groups is 2. The van der Waals surface area contributed by atoms with E-state index in [-0.39, 0.29) is 11.8 Å². The van der Waals surface area contributed by atoms with E-state index in [4.69, 9.17) is 0 Å². The van der Waals surface area contributed by atoms with E-state index in [1.807, 2.05) is 44.2 Å². The molecule has 2 aromatic carbocycles. The van der Waals surface area contributed by atoms with Crippen molar-refractivity contribution in [1.29, 1.82) is 0 Å². The van der Waals surface area contributed by atoms with Crippen LogP contribution in [-0.4, -0.2) is 23.3 Å². The van der Waals surface area contributed by atoms with Crippen LogP contribution in [0.15, 0.2) is 48.5 Å². The smallest absolute Gasteiger partial charge is 0.253 e. The molecule has 0 unspecified atom stereocenters. The molecule has 2 N–H and O–H groups in total. The lowest BCUT2D eigenvalue weighted by Crippen LogP contribution is -2.28. The van der Waals surface area contributed by atoms with E-state index < -0.39 is 0 Å². The Morgan fingerprint density at radius 1 is 1.07 bits per heavy atom. The fourth-order valence-electron chi connectivity index (χ4n) is 2.64. The van der Waals surface area contributed by atoms with Crippen molar-refractivity contribution in [3.8, 4) is 0 Å². The lowest BCUT2D eigenvalue weighted by atomic mass is 10.1. The molecular formula is C21H23N3O2S. The molecule has 0 fully saturated rings. The molecule has 6 heteroatoms. The molecule has 2 amide bonds. The normalized spacial score (nSPS) is 10.9. The number of thiazole rings is 1. The Bertz CT molecular complexity index is 916. The van der Waals surface area contributed by atoms with Gasteiger partial charge in [0.1, 0.15) is 0 Å². The number of nitrogens with zero attached hydrogens (tertiary/aromatic N) is 1. The Hall–Kier alpha value is -2.73. The lowest BCUT2D eigenvalue weighted by Gasteiger charge is -2.12. The Kier molecular flexibility index (Phi) is 6.19. The lowest BCUT2D eigenvalue weighted by molar-refractivity contribution is -0.116. The van der Waals surface area contributed by atoms with Crippen molar-refractivity contribution in [1.82, 2.24) is 10.3 Å². The van der Waals surface area contributed by atoms with Gasteiger partial charge in [0.2, 0.25) is 5.91 Å². The van der Waals surface area contributed by atoms with Gasteiger partial charge >= 0.3 is 0 Å². The summed E-state index contributed by atoms with van der Waals surface area (Å²) in [5.41, 5.74) is 1.98. The summed E-state index contributed by atoms with van der Waals surface area (Å²) < 4.78 is 1.13. The summed E-state index contributed by atoms with van der Waals surface area (Å²) in [5.74, 6) is 0.0636. The first-order valence-corrected chi connectivity index (χ1v) is 9.86. The SMILES string of the molecule is CC(C)CNC(=O)c1ccccc1NC(=O)CCc1nc2ccccc2s1. The molecule has 3 rings (SSSR count). The van der Waals surface area contributed by atoms with Crippen LogP contribution in [0.5, 0.6) is 0 Å². The maximum absolute atomic E-state index is 12.4. The Morgan fingerprint density at radius 3 is 2.59 bits per heavy atom. The van der Waals surface area contributed by atoms with Gasteiger partial charge in [-0.3, -0.25) is 9.59 Å². The maximum atomic E-state index is 12.4. The summed E-state index contributed by atoms with van der Waals surface area (Å²) in [4.78, 5) is 29.3. The predicted octanol–water partition coefficient (Wildman–Crippen LogP) is 4.25. The number of hydrogen-bond acceptors (Lipinski definition) is 4. The number of hydrogen-bond donors (Lipinski definition) is 2. The van der Waals surface area contributed by atoms with Crippen LogP contribution in [0.3, 0.4) is 0 Å². The van der Waals surface area contributed by atoms with E-state index in [0.717, 1.165) is 15.2 Å². The van der Waals surface area contributed by atoms with Gasteiger partial charge in [-0.1, -0.05) is 38.1 Å². The van der Waals surface area contributed by atoms with Crippen molar-refractivity contribution in [2.45, 2.75) is 26.7 Å². The highest BCUT2D eigenvalue weighted by molar-refractivity contribution is 7.18. The average Bonchev–Trinajstić information content (AvgIpc) is 3.08. The van der Waals surface area contributed by atoms with Gasteiger partial charge in [-0.15, -0.1) is 11.3 Å². The van der Waals surface area contributed by atoms with Crippen LogP contribution in [-0.2, 0) is 11.2 Å². The minimum absolute atomic E-state index is 0.127. The number of aryl methyl sites for hydroxylation is 1. The van der Waals surface area contributed by atoms with Crippen LogP contribution in [0.1, 0.15) is 35.6 Å². The van der Waals surface area contributed by atoms with Gasteiger partial charge < -0.3 is 10.6 Å². The van der Waals surface area contributed by atoms with Gasteiger partial charge in [-0.25, -0.2) is 4.98 Å². The molecular weight excluding hydrogens is 358 g/mol. The number of amides is 2. The second kappa shape index (κ2) is 8.77. The molecule has 0 atom stereocenters. The van der Waals surface area contributed by atoms with Crippen molar-refractivity contribution in [2.75, 3.05) is 11.9 Å². The molecule has 0 bridgehead atoms. The predicted molar refractivity (Wildman–Crippen MR) is 110 cm³/mol. The second-order valence-corrected chi connectivity index (χ2v) is 7.89. The van der Waals surface area contributed by atoms with Crippen molar-refractivity contribution in [2.24, 2.45) is 5.92 Å². The summed E-state index contributed by atoms with van der Waals surface area (Å²) in [6.45, 7) is 4.67. The average molecular weight is 382 g/mol. The summed E-state index contributed by atoms with van der Waals surface area (Å²) in [6.07, 6.45) is 0.897. The molecule has 1 aromatic heterocycles. The van der Waals surface area contributed by atoms with E-state index in [1.165, 1.54) is 0 Å². The summed E-state index contributed by atoms with van der Waals surface area (Å²) in [5, 5.41) is 6.69. The number of carbonyl (C=O) groups excluding carboxylic acids is 2. The first kappa shape index (κ1) is 19.0. The van der Waals surface area contributed by atoms with Crippen molar-refractivity contribution >= 4 is 39.1 Å². The fraction of sp³-hybridized carbons (Fsp3) is 0.286. The number of nitrogens with one attached hydrogen (secondary N) is 2. The topological polar surface area (TPSA) is 71.1 Å². The largest absolute Gasteiger partial charge is 0.352 e. The second-order valence-electron chi connectivity index (χ2n) is 6.77. The Balaban J connectivity index is 1.61. The van der Waals surface area contributed by atoms with Gasteiger partial charge in [0.25, 0.3) is 5.91 Å². The zero-order chi connectivity index (χ0) is 19.2. The molecule has 1 heterocycles. The van der Waals surface area contributed by atoms with Crippen LogP contribution in [0.25, 0.3) is 10.2 Å². The van der Waals surface area contributed by atoms with E-state index in [1.54, 1.807) is 29.5 Å². The molecule has 0 spiro atoms. The first-order chi connectivity index (χ1) is 13.0. The number of anilines is 1. The van der Waals surface area contributed by atoms with Crippen molar-refractivity contribution < 1.29 is 9.59 Å². The van der Waals surface area contributed by atoms with Crippen molar-refractivity contribution in [3.05, 3.63) is 59.1 Å². The molecule has 140 valence electrons. The zero-order valence-electron chi connectivity index (χ0n) is 15.5. The Labute approximate surface area is 162 Å². The van der Waals surface area contributed by atoms with Crippen LogP contribution in [0, 0.1) is 5.92 Å². The number of fused-ring (bicyclic) bond motifs is 1. The van der Waals surface area contributed by atoms with Gasteiger partial charge in [-0.2, -0.15) is 0 Å². The quantitative estimate of drug-likeness (QED) is 0.643. The Morgan fingerprint density at radius 2 is 1.81 bits per heavy atom. The number of para-hydroxylation sites is 2. The molecule has 0 radical (unpaired) electrons. The van der Waals surface area contributed by atoms with E-state index in [9.17, 15) is 9.59 Å². The summed E-state index contributed by atoms with van der Waals surface area (Å²) in [7, 11) is 0. The first-order valence-electron chi connectivity index (χ1n) is 9.04. The number of benzene rings is 2. The van der Waals surface area contributed by atoms with Gasteiger partial charge in [0.15, 0.2) is 0 Å². The van der Waals surface area contributed by atoms with E-state index in [2.05, 4.69) is 15.6 Å².